The number of aromatic nitrogens is 3. The smallest absolute Gasteiger partial charge is 0.259 e. The Kier molecular flexibility index (Phi) is 3.26. The molecule has 0 saturated carbocycles. The van der Waals surface area contributed by atoms with Crippen LogP contribution >= 0.6 is 0 Å². The summed E-state index contributed by atoms with van der Waals surface area (Å²) >= 11 is 0. The molecule has 4 nitrogen and oxygen atoms in total. The molecule has 0 bridgehead atoms. The van der Waals surface area contributed by atoms with Gasteiger partial charge in [0, 0.05) is 17.1 Å². The molecule has 4 aromatic rings. The van der Waals surface area contributed by atoms with Gasteiger partial charge in [-0.05, 0) is 30.3 Å². The van der Waals surface area contributed by atoms with Gasteiger partial charge in [-0.3, -0.25) is 4.98 Å². The predicted octanol–water partition coefficient (Wildman–Crippen LogP) is 4.37. The number of pyridine rings is 1. The fraction of sp³-hybridized carbons (Fsp3) is 0. The highest BCUT2D eigenvalue weighted by Gasteiger charge is 2.14. The van der Waals surface area contributed by atoms with Crippen LogP contribution < -0.4 is 0 Å². The molecule has 7 heteroatoms. The summed E-state index contributed by atoms with van der Waals surface area (Å²) in [7, 11) is 0. The molecule has 0 spiro atoms. The number of hydrogen-bond acceptors (Lipinski definition) is 4. The van der Waals surface area contributed by atoms with Crippen LogP contribution in [0.5, 0.6) is 0 Å². The summed E-state index contributed by atoms with van der Waals surface area (Å²) in [5.74, 6) is -2.12. The summed E-state index contributed by atoms with van der Waals surface area (Å²) in [6.07, 6.45) is 1.41. The predicted molar refractivity (Wildman–Crippen MR) is 80.3 cm³/mol. The van der Waals surface area contributed by atoms with Crippen molar-refractivity contribution in [3.8, 4) is 22.8 Å². The van der Waals surface area contributed by atoms with Crippen LogP contribution in [-0.4, -0.2) is 15.1 Å². The Labute approximate surface area is 133 Å². The maximum Gasteiger partial charge on any atom is 0.259 e. The monoisotopic (exact) mass is 327 g/mol. The molecule has 0 N–H and O–H groups in total. The van der Waals surface area contributed by atoms with Crippen LogP contribution in [0.4, 0.5) is 13.2 Å². The first-order chi connectivity index (χ1) is 11.6. The molecule has 0 aliphatic heterocycles. The highest BCUT2D eigenvalue weighted by atomic mass is 19.2. The van der Waals surface area contributed by atoms with Crippen LogP contribution in [0.25, 0.3) is 33.7 Å². The van der Waals surface area contributed by atoms with Gasteiger partial charge >= 0.3 is 0 Å². The van der Waals surface area contributed by atoms with E-state index >= 15 is 0 Å². The number of benzene rings is 2. The van der Waals surface area contributed by atoms with Crippen LogP contribution in [0.2, 0.25) is 0 Å². The molecule has 2 heterocycles. The minimum Gasteiger partial charge on any atom is -0.334 e. The Hall–Kier alpha value is -3.22. The van der Waals surface area contributed by atoms with Crippen molar-refractivity contribution >= 4 is 10.9 Å². The van der Waals surface area contributed by atoms with E-state index in [9.17, 15) is 13.2 Å². The average molecular weight is 327 g/mol. The molecule has 0 aliphatic rings. The Balaban J connectivity index is 1.75. The lowest BCUT2D eigenvalue weighted by molar-refractivity contribution is 0.432. The third kappa shape index (κ3) is 2.40. The van der Waals surface area contributed by atoms with Gasteiger partial charge in [0.1, 0.15) is 11.3 Å². The molecule has 0 unspecified atom stereocenters. The minimum atomic E-state index is -0.998. The van der Waals surface area contributed by atoms with Gasteiger partial charge in [-0.2, -0.15) is 4.98 Å². The van der Waals surface area contributed by atoms with Crippen LogP contribution in [0.1, 0.15) is 0 Å². The zero-order valence-electron chi connectivity index (χ0n) is 12.0. The first kappa shape index (κ1) is 14.4. The van der Waals surface area contributed by atoms with Crippen molar-refractivity contribution in [3.63, 3.8) is 0 Å². The highest BCUT2D eigenvalue weighted by molar-refractivity contribution is 5.82. The van der Waals surface area contributed by atoms with E-state index in [0.29, 0.717) is 10.9 Å². The lowest BCUT2D eigenvalue weighted by Crippen LogP contribution is -1.88. The van der Waals surface area contributed by atoms with E-state index in [2.05, 4.69) is 15.1 Å². The molecule has 24 heavy (non-hydrogen) atoms. The molecule has 0 aliphatic carbocycles. The zero-order valence-corrected chi connectivity index (χ0v) is 12.0. The number of halogens is 3. The molecular formula is C17H8F3N3O. The minimum absolute atomic E-state index is 0.114. The second-order valence-electron chi connectivity index (χ2n) is 5.09. The molecule has 0 atom stereocenters. The third-order valence-corrected chi connectivity index (χ3v) is 3.51. The van der Waals surface area contributed by atoms with Gasteiger partial charge in [-0.15, -0.1) is 0 Å². The number of fused-ring (bicyclic) bond motifs is 1. The first-order valence-corrected chi connectivity index (χ1v) is 6.95. The SMILES string of the molecule is Fc1ccc(-c2noc(-c3cnc4c(F)cccc4c3)n2)cc1F. The Morgan fingerprint density at radius 3 is 2.54 bits per heavy atom. The number of para-hydroxylation sites is 1. The topological polar surface area (TPSA) is 51.8 Å². The second kappa shape index (κ2) is 5.45. The highest BCUT2D eigenvalue weighted by Crippen LogP contribution is 2.25. The average Bonchev–Trinajstić information content (AvgIpc) is 3.07. The molecule has 2 aromatic carbocycles. The summed E-state index contributed by atoms with van der Waals surface area (Å²) in [4.78, 5) is 8.20. The number of rotatable bonds is 2. The van der Waals surface area contributed by atoms with Crippen LogP contribution in [0.15, 0.2) is 53.2 Å². The van der Waals surface area contributed by atoms with E-state index in [4.69, 9.17) is 4.52 Å². The molecule has 0 saturated heterocycles. The van der Waals surface area contributed by atoms with Crippen molar-refractivity contribution in [3.05, 3.63) is 66.1 Å². The van der Waals surface area contributed by atoms with E-state index in [-0.39, 0.29) is 22.8 Å². The van der Waals surface area contributed by atoms with E-state index < -0.39 is 17.5 Å². The van der Waals surface area contributed by atoms with E-state index in [1.54, 1.807) is 18.2 Å². The summed E-state index contributed by atoms with van der Waals surface area (Å²) in [6, 6.07) is 9.59. The van der Waals surface area contributed by atoms with Gasteiger partial charge in [0.05, 0.1) is 5.56 Å². The fourth-order valence-corrected chi connectivity index (χ4v) is 2.33. The van der Waals surface area contributed by atoms with Crippen LogP contribution in [0.3, 0.4) is 0 Å². The van der Waals surface area contributed by atoms with Crippen molar-refractivity contribution in [1.82, 2.24) is 15.1 Å². The van der Waals surface area contributed by atoms with Crippen LogP contribution in [0, 0.1) is 17.5 Å². The normalized spacial score (nSPS) is 11.1. The van der Waals surface area contributed by atoms with E-state index in [1.165, 1.54) is 18.3 Å². The Morgan fingerprint density at radius 2 is 1.71 bits per heavy atom. The zero-order chi connectivity index (χ0) is 16.7. The molecule has 4 rings (SSSR count). The van der Waals surface area contributed by atoms with Gasteiger partial charge in [0.15, 0.2) is 11.6 Å². The molecule has 0 radical (unpaired) electrons. The summed E-state index contributed by atoms with van der Waals surface area (Å²) in [6.45, 7) is 0. The molecular weight excluding hydrogens is 319 g/mol. The maximum absolute atomic E-state index is 13.6. The molecule has 118 valence electrons. The van der Waals surface area contributed by atoms with Crippen molar-refractivity contribution in [1.29, 1.82) is 0 Å². The van der Waals surface area contributed by atoms with Crippen molar-refractivity contribution in [2.24, 2.45) is 0 Å². The first-order valence-electron chi connectivity index (χ1n) is 6.95. The number of hydrogen-bond donors (Lipinski definition) is 0. The van der Waals surface area contributed by atoms with Crippen molar-refractivity contribution in [2.75, 3.05) is 0 Å². The van der Waals surface area contributed by atoms with E-state index in [1.807, 2.05) is 0 Å². The molecule has 2 aromatic heterocycles. The maximum atomic E-state index is 13.6. The number of nitrogens with zero attached hydrogens (tertiary/aromatic N) is 3. The third-order valence-electron chi connectivity index (χ3n) is 3.51. The fourth-order valence-electron chi connectivity index (χ4n) is 2.33. The van der Waals surface area contributed by atoms with Gasteiger partial charge in [-0.25, -0.2) is 13.2 Å². The standard InChI is InChI=1S/C17H8F3N3O/c18-12-5-4-10(7-14(12)20)16-22-17(24-23-16)11-6-9-2-1-3-13(19)15(9)21-8-11/h1-8H. The van der Waals surface area contributed by atoms with Gasteiger partial charge in [-0.1, -0.05) is 17.3 Å². The lowest BCUT2D eigenvalue weighted by Gasteiger charge is -1.99. The lowest BCUT2D eigenvalue weighted by atomic mass is 10.1. The Morgan fingerprint density at radius 1 is 0.833 bits per heavy atom. The Bertz CT molecular complexity index is 1060. The van der Waals surface area contributed by atoms with Crippen LogP contribution in [-0.2, 0) is 0 Å². The second-order valence-corrected chi connectivity index (χ2v) is 5.09. The largest absolute Gasteiger partial charge is 0.334 e. The van der Waals surface area contributed by atoms with Crippen molar-refractivity contribution < 1.29 is 17.7 Å². The van der Waals surface area contributed by atoms with Gasteiger partial charge in [0.25, 0.3) is 5.89 Å². The summed E-state index contributed by atoms with van der Waals surface area (Å²) < 4.78 is 45.1. The van der Waals surface area contributed by atoms with E-state index in [0.717, 1.165) is 12.1 Å². The van der Waals surface area contributed by atoms with Gasteiger partial charge < -0.3 is 4.52 Å². The van der Waals surface area contributed by atoms with Crippen molar-refractivity contribution in [2.45, 2.75) is 0 Å². The van der Waals surface area contributed by atoms with Gasteiger partial charge in [0.2, 0.25) is 5.82 Å². The molecule has 0 fully saturated rings. The summed E-state index contributed by atoms with van der Waals surface area (Å²) in [5, 5.41) is 4.34. The summed E-state index contributed by atoms with van der Waals surface area (Å²) in [5.41, 5.74) is 1.01. The quantitative estimate of drug-likeness (QED) is 0.548. The molecule has 0 amide bonds.